The number of rotatable bonds is 3. The van der Waals surface area contributed by atoms with Crippen LogP contribution in [0.2, 0.25) is 0 Å². The van der Waals surface area contributed by atoms with Gasteiger partial charge in [-0.25, -0.2) is 9.37 Å². The highest BCUT2D eigenvalue weighted by Crippen LogP contribution is 2.11. The van der Waals surface area contributed by atoms with E-state index in [0.717, 1.165) is 5.56 Å². The Hall–Kier alpha value is -1.97. The minimum Gasteiger partial charge on any atom is -0.487 e. The van der Waals surface area contributed by atoms with Crippen molar-refractivity contribution in [1.29, 1.82) is 0 Å². The van der Waals surface area contributed by atoms with Crippen LogP contribution in [-0.2, 0) is 6.61 Å². The molecule has 0 unspecified atom stereocenters. The van der Waals surface area contributed by atoms with Crippen molar-refractivity contribution in [2.75, 3.05) is 0 Å². The predicted molar refractivity (Wildman–Crippen MR) is 54.9 cm³/mol. The van der Waals surface area contributed by atoms with Gasteiger partial charge in [-0.3, -0.25) is 0 Å². The van der Waals surface area contributed by atoms with E-state index in [2.05, 4.69) is 4.98 Å². The lowest BCUT2D eigenvalue weighted by Gasteiger charge is -2.05. The molecule has 16 heavy (non-hydrogen) atoms. The molecule has 2 aromatic rings. The highest BCUT2D eigenvalue weighted by Gasteiger charge is 1.97. The molecule has 0 fully saturated rings. The summed E-state index contributed by atoms with van der Waals surface area (Å²) in [6.07, 6.45) is 1.30. The monoisotopic (exact) mass is 221 g/mol. The van der Waals surface area contributed by atoms with Gasteiger partial charge in [-0.15, -0.1) is 0 Å². The van der Waals surface area contributed by atoms with Gasteiger partial charge in [-0.1, -0.05) is 12.1 Å². The van der Waals surface area contributed by atoms with E-state index in [1.54, 1.807) is 12.1 Å². The number of halogens is 2. The lowest BCUT2D eigenvalue weighted by Crippen LogP contribution is -1.96. The maximum absolute atomic E-state index is 12.6. The van der Waals surface area contributed by atoms with E-state index < -0.39 is 5.95 Å². The van der Waals surface area contributed by atoms with Crippen LogP contribution in [0.25, 0.3) is 0 Å². The SMILES string of the molecule is Fc1ccc(COc2ccc(F)nc2)cc1. The van der Waals surface area contributed by atoms with E-state index in [9.17, 15) is 8.78 Å². The van der Waals surface area contributed by atoms with Gasteiger partial charge in [-0.2, -0.15) is 4.39 Å². The van der Waals surface area contributed by atoms with Crippen molar-refractivity contribution in [1.82, 2.24) is 4.98 Å². The van der Waals surface area contributed by atoms with Crippen LogP contribution in [0.5, 0.6) is 5.75 Å². The number of benzene rings is 1. The molecule has 1 aromatic carbocycles. The van der Waals surface area contributed by atoms with Gasteiger partial charge in [0, 0.05) is 0 Å². The minimum atomic E-state index is -0.547. The fourth-order valence-corrected chi connectivity index (χ4v) is 1.19. The summed E-state index contributed by atoms with van der Waals surface area (Å²) in [6, 6.07) is 8.70. The summed E-state index contributed by atoms with van der Waals surface area (Å²) in [4.78, 5) is 3.45. The molecular formula is C12H9F2NO. The van der Waals surface area contributed by atoms with Crippen molar-refractivity contribution in [2.45, 2.75) is 6.61 Å². The molecule has 2 nitrogen and oxygen atoms in total. The highest BCUT2D eigenvalue weighted by molar-refractivity contribution is 5.19. The van der Waals surface area contributed by atoms with E-state index in [-0.39, 0.29) is 5.82 Å². The van der Waals surface area contributed by atoms with Gasteiger partial charge in [0.05, 0.1) is 6.20 Å². The van der Waals surface area contributed by atoms with Crippen molar-refractivity contribution in [3.63, 3.8) is 0 Å². The van der Waals surface area contributed by atoms with E-state index in [4.69, 9.17) is 4.74 Å². The normalized spacial score (nSPS) is 10.1. The van der Waals surface area contributed by atoms with Crippen LogP contribution in [0.1, 0.15) is 5.56 Å². The van der Waals surface area contributed by atoms with Gasteiger partial charge >= 0.3 is 0 Å². The zero-order chi connectivity index (χ0) is 11.4. The predicted octanol–water partition coefficient (Wildman–Crippen LogP) is 2.94. The van der Waals surface area contributed by atoms with E-state index in [1.165, 1.54) is 30.5 Å². The summed E-state index contributed by atoms with van der Waals surface area (Å²) >= 11 is 0. The molecule has 0 saturated heterocycles. The van der Waals surface area contributed by atoms with Gasteiger partial charge in [0.25, 0.3) is 0 Å². The van der Waals surface area contributed by atoms with Crippen molar-refractivity contribution in [3.8, 4) is 5.75 Å². The topological polar surface area (TPSA) is 22.1 Å². The van der Waals surface area contributed by atoms with Crippen LogP contribution in [0, 0.1) is 11.8 Å². The van der Waals surface area contributed by atoms with Gasteiger partial charge < -0.3 is 4.74 Å². The Balaban J connectivity index is 1.97. The molecule has 0 N–H and O–H groups in total. The average Bonchev–Trinajstić information content (AvgIpc) is 2.30. The van der Waals surface area contributed by atoms with Crippen LogP contribution in [0.4, 0.5) is 8.78 Å². The zero-order valence-electron chi connectivity index (χ0n) is 8.36. The third-order valence-electron chi connectivity index (χ3n) is 2.02. The molecule has 82 valence electrons. The van der Waals surface area contributed by atoms with Gasteiger partial charge in [0.1, 0.15) is 18.2 Å². The maximum Gasteiger partial charge on any atom is 0.213 e. The minimum absolute atomic E-state index is 0.285. The van der Waals surface area contributed by atoms with Crippen LogP contribution >= 0.6 is 0 Å². The van der Waals surface area contributed by atoms with Gasteiger partial charge in [0.15, 0.2) is 0 Å². The van der Waals surface area contributed by atoms with Gasteiger partial charge in [0.2, 0.25) is 5.95 Å². The van der Waals surface area contributed by atoms with E-state index in [1.807, 2.05) is 0 Å². The Labute approximate surface area is 91.5 Å². The van der Waals surface area contributed by atoms with E-state index >= 15 is 0 Å². The molecule has 0 amide bonds. The van der Waals surface area contributed by atoms with Crippen molar-refractivity contribution in [3.05, 3.63) is 59.9 Å². The van der Waals surface area contributed by atoms with Crippen LogP contribution in [-0.4, -0.2) is 4.98 Å². The fourth-order valence-electron chi connectivity index (χ4n) is 1.19. The number of nitrogens with zero attached hydrogens (tertiary/aromatic N) is 1. The molecule has 0 saturated carbocycles. The highest BCUT2D eigenvalue weighted by atomic mass is 19.1. The Morgan fingerprint density at radius 3 is 2.38 bits per heavy atom. The molecule has 2 rings (SSSR count). The fraction of sp³-hybridized carbons (Fsp3) is 0.0833. The first-order valence-corrected chi connectivity index (χ1v) is 4.73. The summed E-state index contributed by atoms with van der Waals surface area (Å²) in [5, 5.41) is 0. The number of ether oxygens (including phenoxy) is 1. The number of pyridine rings is 1. The third kappa shape index (κ3) is 2.76. The Bertz CT molecular complexity index is 408. The second kappa shape index (κ2) is 4.70. The molecule has 0 spiro atoms. The second-order valence-electron chi connectivity index (χ2n) is 3.23. The van der Waals surface area contributed by atoms with Crippen LogP contribution < -0.4 is 4.74 Å². The first kappa shape index (κ1) is 10.5. The summed E-state index contributed by atoms with van der Waals surface area (Å²) in [5.41, 5.74) is 0.839. The van der Waals surface area contributed by atoms with Crippen molar-refractivity contribution in [2.24, 2.45) is 0 Å². The lowest BCUT2D eigenvalue weighted by atomic mass is 10.2. The number of hydrogen-bond acceptors (Lipinski definition) is 2. The first-order chi connectivity index (χ1) is 7.74. The summed E-state index contributed by atoms with van der Waals surface area (Å²) in [6.45, 7) is 0.299. The molecule has 1 aromatic heterocycles. The zero-order valence-corrected chi connectivity index (χ0v) is 8.36. The molecule has 1 heterocycles. The largest absolute Gasteiger partial charge is 0.487 e. The van der Waals surface area contributed by atoms with Crippen molar-refractivity contribution < 1.29 is 13.5 Å². The second-order valence-corrected chi connectivity index (χ2v) is 3.23. The molecule has 0 radical (unpaired) electrons. The average molecular weight is 221 g/mol. The number of aromatic nitrogens is 1. The smallest absolute Gasteiger partial charge is 0.213 e. The Kier molecular flexibility index (Phi) is 3.10. The molecule has 0 atom stereocenters. The Morgan fingerprint density at radius 2 is 1.75 bits per heavy atom. The van der Waals surface area contributed by atoms with E-state index in [0.29, 0.717) is 12.4 Å². The summed E-state index contributed by atoms with van der Waals surface area (Å²) in [5.74, 6) is -0.355. The maximum atomic E-state index is 12.6. The van der Waals surface area contributed by atoms with Crippen LogP contribution in [0.15, 0.2) is 42.6 Å². The lowest BCUT2D eigenvalue weighted by molar-refractivity contribution is 0.303. The third-order valence-corrected chi connectivity index (χ3v) is 2.02. The molecule has 0 bridgehead atoms. The molecule has 4 heteroatoms. The summed E-state index contributed by atoms with van der Waals surface area (Å²) < 4.78 is 30.4. The first-order valence-electron chi connectivity index (χ1n) is 4.73. The van der Waals surface area contributed by atoms with Crippen LogP contribution in [0.3, 0.4) is 0 Å². The number of hydrogen-bond donors (Lipinski definition) is 0. The molecule has 0 aliphatic heterocycles. The van der Waals surface area contributed by atoms with Gasteiger partial charge in [-0.05, 0) is 29.8 Å². The Morgan fingerprint density at radius 1 is 1.00 bits per heavy atom. The van der Waals surface area contributed by atoms with Crippen molar-refractivity contribution >= 4 is 0 Å². The summed E-state index contributed by atoms with van der Waals surface area (Å²) in [7, 11) is 0. The molecular weight excluding hydrogens is 212 g/mol. The molecule has 0 aliphatic rings. The molecule has 0 aliphatic carbocycles. The standard InChI is InChI=1S/C12H9F2NO/c13-10-3-1-9(2-4-10)8-16-11-5-6-12(14)15-7-11/h1-7H,8H2. The quantitative estimate of drug-likeness (QED) is 0.743.